The highest BCUT2D eigenvalue weighted by Gasteiger charge is 2.59. The van der Waals surface area contributed by atoms with E-state index in [1.54, 1.807) is 0 Å². The van der Waals surface area contributed by atoms with Gasteiger partial charge in [-0.1, -0.05) is 6.58 Å². The molecular formula is C7H6F6O2. The molecule has 0 aliphatic heterocycles. The monoisotopic (exact) mass is 236 g/mol. The van der Waals surface area contributed by atoms with E-state index in [2.05, 4.69) is 11.3 Å². The summed E-state index contributed by atoms with van der Waals surface area (Å²) in [6.07, 6.45) is -15.3. The van der Waals surface area contributed by atoms with Gasteiger partial charge in [-0.3, -0.25) is 4.79 Å². The number of hydrogen-bond acceptors (Lipinski definition) is 2. The molecule has 0 saturated heterocycles. The van der Waals surface area contributed by atoms with Crippen molar-refractivity contribution >= 4 is 5.78 Å². The van der Waals surface area contributed by atoms with Gasteiger partial charge in [0.25, 0.3) is 6.10 Å². The summed E-state index contributed by atoms with van der Waals surface area (Å²) in [5, 5.41) is 0. The molecule has 0 rings (SSSR count). The lowest BCUT2D eigenvalue weighted by Gasteiger charge is -2.23. The summed E-state index contributed by atoms with van der Waals surface area (Å²) < 4.78 is 74.5. The number of ketones is 1. The lowest BCUT2D eigenvalue weighted by molar-refractivity contribution is -0.312. The summed E-state index contributed by atoms with van der Waals surface area (Å²) in [7, 11) is 0. The molecule has 8 heteroatoms. The predicted molar refractivity (Wildman–Crippen MR) is 36.8 cm³/mol. The molecule has 0 unspecified atom stereocenters. The second-order valence-corrected chi connectivity index (χ2v) is 2.56. The Kier molecular flexibility index (Phi) is 3.78. The van der Waals surface area contributed by atoms with Crippen molar-refractivity contribution in [2.24, 2.45) is 0 Å². The van der Waals surface area contributed by atoms with Gasteiger partial charge in [0.1, 0.15) is 0 Å². The molecule has 0 aromatic carbocycles. The Balaban J connectivity index is 4.85. The van der Waals surface area contributed by atoms with E-state index >= 15 is 0 Å². The molecule has 0 saturated carbocycles. The first-order valence-electron chi connectivity index (χ1n) is 3.46. The first-order chi connectivity index (χ1) is 6.46. The first kappa shape index (κ1) is 13.8. The van der Waals surface area contributed by atoms with Gasteiger partial charge in [-0.05, 0) is 0 Å². The Morgan fingerprint density at radius 2 is 1.47 bits per heavy atom. The minimum absolute atomic E-state index is 0.742. The lowest BCUT2D eigenvalue weighted by Crippen LogP contribution is -2.44. The van der Waals surface area contributed by atoms with E-state index in [1.165, 1.54) is 0 Å². The van der Waals surface area contributed by atoms with E-state index in [-0.39, 0.29) is 0 Å². The van der Waals surface area contributed by atoms with Gasteiger partial charge < -0.3 is 4.74 Å². The van der Waals surface area contributed by atoms with E-state index < -0.39 is 30.0 Å². The Morgan fingerprint density at radius 1 is 1.13 bits per heavy atom. The third-order valence-electron chi connectivity index (χ3n) is 1.25. The van der Waals surface area contributed by atoms with Crippen molar-refractivity contribution in [3.63, 3.8) is 0 Å². The molecule has 0 heterocycles. The molecule has 88 valence electrons. The van der Waals surface area contributed by atoms with Gasteiger partial charge in [-0.2, -0.15) is 26.3 Å². The minimum Gasteiger partial charge on any atom is -0.468 e. The summed E-state index contributed by atoms with van der Waals surface area (Å²) >= 11 is 0. The number of Topliss-reactive ketones (excluding diaryl/α,β-unsaturated/α-hetero) is 1. The van der Waals surface area contributed by atoms with Crippen molar-refractivity contribution < 1.29 is 35.9 Å². The molecule has 2 nitrogen and oxygen atoms in total. The molecule has 0 amide bonds. The van der Waals surface area contributed by atoms with Crippen molar-refractivity contribution in [2.45, 2.75) is 25.4 Å². The van der Waals surface area contributed by atoms with Crippen LogP contribution in [0.15, 0.2) is 12.3 Å². The van der Waals surface area contributed by atoms with E-state index in [4.69, 9.17) is 0 Å². The van der Waals surface area contributed by atoms with Crippen LogP contribution >= 0.6 is 0 Å². The molecule has 0 aromatic heterocycles. The minimum atomic E-state index is -5.64. The highest BCUT2D eigenvalue weighted by molar-refractivity contribution is 5.90. The van der Waals surface area contributed by atoms with Crippen molar-refractivity contribution in [1.29, 1.82) is 0 Å². The van der Waals surface area contributed by atoms with E-state index in [0.29, 0.717) is 0 Å². The topological polar surface area (TPSA) is 26.3 Å². The van der Waals surface area contributed by atoms with Crippen LogP contribution in [0.4, 0.5) is 26.3 Å². The molecule has 0 bridgehead atoms. The summed E-state index contributed by atoms with van der Waals surface area (Å²) in [5.74, 6) is -2.29. The average Bonchev–Trinajstić information content (AvgIpc) is 1.94. The quantitative estimate of drug-likeness (QED) is 0.427. The Morgan fingerprint density at radius 3 is 1.67 bits per heavy atom. The smallest absolute Gasteiger partial charge is 0.434 e. The van der Waals surface area contributed by atoms with Crippen LogP contribution < -0.4 is 0 Å². The number of hydrogen-bond donors (Lipinski definition) is 0. The maximum atomic E-state index is 11.8. The predicted octanol–water partition coefficient (Wildman–Crippen LogP) is 2.60. The number of carbonyl (C=O) groups excluding carboxylic acids is 1. The number of carbonyl (C=O) groups is 1. The third kappa shape index (κ3) is 4.22. The Labute approximate surface area is 80.5 Å². The van der Waals surface area contributed by atoms with E-state index in [9.17, 15) is 31.1 Å². The molecular weight excluding hydrogens is 230 g/mol. The maximum absolute atomic E-state index is 11.8. The number of ether oxygens (including phenoxy) is 1. The van der Waals surface area contributed by atoms with Crippen molar-refractivity contribution in [3.05, 3.63) is 12.3 Å². The zero-order valence-electron chi connectivity index (χ0n) is 7.37. The van der Waals surface area contributed by atoms with Crippen LogP contribution in [0.25, 0.3) is 0 Å². The van der Waals surface area contributed by atoms with Gasteiger partial charge in [0.2, 0.25) is 0 Å². The lowest BCUT2D eigenvalue weighted by atomic mass is 10.3. The van der Waals surface area contributed by atoms with Gasteiger partial charge in [-0.15, -0.1) is 0 Å². The number of alkyl halides is 6. The average molecular weight is 236 g/mol. The third-order valence-corrected chi connectivity index (χ3v) is 1.25. The fourth-order valence-electron chi connectivity index (χ4n) is 0.544. The van der Waals surface area contributed by atoms with Crippen LogP contribution in [-0.2, 0) is 9.53 Å². The second-order valence-electron chi connectivity index (χ2n) is 2.56. The zero-order chi connectivity index (χ0) is 12.4. The molecule has 0 radical (unpaired) electrons. The first-order valence-corrected chi connectivity index (χ1v) is 3.46. The van der Waals surface area contributed by atoms with Gasteiger partial charge >= 0.3 is 12.4 Å². The normalized spacial score (nSPS) is 12.8. The highest BCUT2D eigenvalue weighted by Crippen LogP contribution is 2.36. The maximum Gasteiger partial charge on any atom is 0.434 e. The number of rotatable bonds is 3. The molecule has 0 aliphatic rings. The Hall–Kier alpha value is -1.21. The summed E-state index contributed by atoms with van der Waals surface area (Å²) in [6.45, 7) is 3.39. The molecule has 0 fully saturated rings. The van der Waals surface area contributed by atoms with Gasteiger partial charge in [0, 0.05) is 6.92 Å². The van der Waals surface area contributed by atoms with E-state index in [1.807, 2.05) is 0 Å². The van der Waals surface area contributed by atoms with Crippen LogP contribution in [0.1, 0.15) is 6.92 Å². The molecule has 0 aromatic rings. The molecule has 0 N–H and O–H groups in total. The fourth-order valence-corrected chi connectivity index (χ4v) is 0.544. The fraction of sp³-hybridized carbons (Fsp3) is 0.571. The van der Waals surface area contributed by atoms with Crippen molar-refractivity contribution in [1.82, 2.24) is 0 Å². The summed E-state index contributed by atoms with van der Waals surface area (Å²) in [4.78, 5) is 10.4. The van der Waals surface area contributed by atoms with Crippen LogP contribution in [0.3, 0.4) is 0 Å². The summed E-state index contributed by atoms with van der Waals surface area (Å²) in [6, 6.07) is 0. The molecule has 0 atom stereocenters. The SMILES string of the molecule is C=C(OC(C(F)(F)F)C(F)(F)F)C(C)=O. The number of halogens is 6. The van der Waals surface area contributed by atoms with Gasteiger partial charge in [-0.25, -0.2) is 0 Å². The summed E-state index contributed by atoms with van der Waals surface area (Å²) in [5.41, 5.74) is 0. The van der Waals surface area contributed by atoms with Crippen molar-refractivity contribution in [3.8, 4) is 0 Å². The zero-order valence-corrected chi connectivity index (χ0v) is 7.37. The van der Waals surface area contributed by atoms with Crippen molar-refractivity contribution in [2.75, 3.05) is 0 Å². The van der Waals surface area contributed by atoms with Crippen LogP contribution in [0, 0.1) is 0 Å². The van der Waals surface area contributed by atoms with Crippen LogP contribution in [0.2, 0.25) is 0 Å². The Bertz CT molecular complexity index is 250. The second kappa shape index (κ2) is 4.11. The highest BCUT2D eigenvalue weighted by atomic mass is 19.4. The number of allylic oxidation sites excluding steroid dienone is 1. The molecule has 0 aliphatic carbocycles. The van der Waals surface area contributed by atoms with Crippen LogP contribution in [-0.4, -0.2) is 24.2 Å². The van der Waals surface area contributed by atoms with Gasteiger partial charge in [0.15, 0.2) is 11.5 Å². The largest absolute Gasteiger partial charge is 0.468 e. The van der Waals surface area contributed by atoms with Crippen LogP contribution in [0.5, 0.6) is 0 Å². The molecule has 0 spiro atoms. The molecule has 15 heavy (non-hydrogen) atoms. The van der Waals surface area contributed by atoms with Gasteiger partial charge in [0.05, 0.1) is 0 Å². The van der Waals surface area contributed by atoms with E-state index in [0.717, 1.165) is 6.92 Å². The standard InChI is InChI=1S/C7H6F6O2/c1-3(14)4(2)15-5(6(8,9)10)7(11,12)13/h5H,2H2,1H3.